The Labute approximate surface area is 136 Å². The molecule has 3 N–H and O–H groups in total. The first kappa shape index (κ1) is 15.7. The van der Waals surface area contributed by atoms with Gasteiger partial charge in [-0.1, -0.05) is 42.5 Å². The second-order valence-corrected chi connectivity index (χ2v) is 6.17. The fraction of sp³-hybridized carbons (Fsp3) is 0.316. The van der Waals surface area contributed by atoms with Crippen LogP contribution >= 0.6 is 0 Å². The highest BCUT2D eigenvalue weighted by atomic mass is 16.5. The van der Waals surface area contributed by atoms with Crippen molar-refractivity contribution in [2.75, 3.05) is 19.0 Å². The number of nitrogens with two attached hydrogens (primary N) is 1. The smallest absolute Gasteiger partial charge is 0.245 e. The van der Waals surface area contributed by atoms with Crippen LogP contribution in [0, 0.1) is 0 Å². The van der Waals surface area contributed by atoms with Crippen LogP contribution in [0.15, 0.2) is 54.6 Å². The first-order chi connectivity index (χ1) is 11.1. The van der Waals surface area contributed by atoms with Crippen LogP contribution in [-0.2, 0) is 14.9 Å². The summed E-state index contributed by atoms with van der Waals surface area (Å²) in [7, 11) is 1.74. The van der Waals surface area contributed by atoms with Crippen LogP contribution in [0.3, 0.4) is 0 Å². The van der Waals surface area contributed by atoms with Crippen molar-refractivity contribution < 1.29 is 9.53 Å². The third-order valence-electron chi connectivity index (χ3n) is 4.48. The van der Waals surface area contributed by atoms with Crippen molar-refractivity contribution in [2.24, 2.45) is 5.73 Å². The topological polar surface area (TPSA) is 64.3 Å². The number of benzene rings is 2. The van der Waals surface area contributed by atoms with Crippen molar-refractivity contribution in [1.82, 2.24) is 0 Å². The predicted octanol–water partition coefficient (Wildman–Crippen LogP) is 3.00. The molecular formula is C19H22N2O2. The zero-order valence-electron chi connectivity index (χ0n) is 13.3. The van der Waals surface area contributed by atoms with E-state index < -0.39 is 6.04 Å². The van der Waals surface area contributed by atoms with Crippen molar-refractivity contribution in [2.45, 2.75) is 24.3 Å². The molecule has 1 fully saturated rings. The van der Waals surface area contributed by atoms with Crippen LogP contribution in [0.25, 0.3) is 0 Å². The third-order valence-corrected chi connectivity index (χ3v) is 4.48. The van der Waals surface area contributed by atoms with E-state index in [2.05, 4.69) is 17.4 Å². The van der Waals surface area contributed by atoms with Gasteiger partial charge in [-0.3, -0.25) is 4.79 Å². The molecule has 23 heavy (non-hydrogen) atoms. The normalized spacial score (nSPS) is 16.6. The Kier molecular flexibility index (Phi) is 4.46. The number of hydrogen-bond acceptors (Lipinski definition) is 3. The number of ether oxygens (including phenoxy) is 1. The molecule has 4 heteroatoms. The molecule has 0 heterocycles. The summed E-state index contributed by atoms with van der Waals surface area (Å²) in [6, 6.07) is 16.7. The van der Waals surface area contributed by atoms with E-state index in [-0.39, 0.29) is 11.3 Å². The number of rotatable bonds is 6. The van der Waals surface area contributed by atoms with E-state index in [0.717, 1.165) is 30.7 Å². The molecule has 2 aromatic rings. The third kappa shape index (κ3) is 3.44. The Morgan fingerprint density at radius 2 is 1.83 bits per heavy atom. The maximum Gasteiger partial charge on any atom is 0.245 e. The molecule has 1 amide bonds. The summed E-state index contributed by atoms with van der Waals surface area (Å²) >= 11 is 0. The highest BCUT2D eigenvalue weighted by Gasteiger charge is 2.44. The number of nitrogens with one attached hydrogen (secondary N) is 1. The van der Waals surface area contributed by atoms with Gasteiger partial charge in [0.25, 0.3) is 0 Å². The lowest BCUT2D eigenvalue weighted by molar-refractivity contribution is -0.117. The Morgan fingerprint density at radius 3 is 2.39 bits per heavy atom. The molecule has 1 aliphatic rings. The van der Waals surface area contributed by atoms with Crippen LogP contribution in [0.2, 0.25) is 0 Å². The van der Waals surface area contributed by atoms with Crippen molar-refractivity contribution in [3.63, 3.8) is 0 Å². The largest absolute Gasteiger partial charge is 0.384 e. The maximum absolute atomic E-state index is 12.3. The van der Waals surface area contributed by atoms with Crippen LogP contribution in [-0.4, -0.2) is 19.6 Å². The van der Waals surface area contributed by atoms with Crippen molar-refractivity contribution in [1.29, 1.82) is 0 Å². The second-order valence-electron chi connectivity index (χ2n) is 6.17. The van der Waals surface area contributed by atoms with Gasteiger partial charge in [0.1, 0.15) is 6.04 Å². The minimum atomic E-state index is -0.667. The number of carbonyl (C=O) groups excluding carboxylic acids is 1. The van der Waals surface area contributed by atoms with Gasteiger partial charge in [-0.15, -0.1) is 0 Å². The minimum absolute atomic E-state index is 0.178. The van der Waals surface area contributed by atoms with Gasteiger partial charge in [0.2, 0.25) is 5.91 Å². The number of anilines is 1. The molecule has 120 valence electrons. The SMILES string of the molecule is COCC1(c2ccc(NC(=O)C(N)c3ccccc3)cc2)CC1. The van der Waals surface area contributed by atoms with Crippen LogP contribution < -0.4 is 11.1 Å². The van der Waals surface area contributed by atoms with Gasteiger partial charge in [0, 0.05) is 18.2 Å². The zero-order valence-corrected chi connectivity index (χ0v) is 13.3. The Morgan fingerprint density at radius 1 is 1.17 bits per heavy atom. The number of amides is 1. The van der Waals surface area contributed by atoms with Gasteiger partial charge in [-0.25, -0.2) is 0 Å². The van der Waals surface area contributed by atoms with Crippen LogP contribution in [0.5, 0.6) is 0 Å². The van der Waals surface area contributed by atoms with Gasteiger partial charge in [0.15, 0.2) is 0 Å². The maximum atomic E-state index is 12.3. The van der Waals surface area contributed by atoms with Crippen molar-refractivity contribution >= 4 is 11.6 Å². The monoisotopic (exact) mass is 310 g/mol. The Hall–Kier alpha value is -2.17. The van der Waals surface area contributed by atoms with Gasteiger partial charge in [0.05, 0.1) is 6.61 Å². The highest BCUT2D eigenvalue weighted by molar-refractivity contribution is 5.95. The summed E-state index contributed by atoms with van der Waals surface area (Å²) in [5.41, 5.74) is 9.02. The molecule has 2 aromatic carbocycles. The van der Waals surface area contributed by atoms with E-state index in [9.17, 15) is 4.79 Å². The molecule has 0 spiro atoms. The van der Waals surface area contributed by atoms with E-state index in [4.69, 9.17) is 10.5 Å². The molecule has 0 radical (unpaired) electrons. The van der Waals surface area contributed by atoms with Crippen LogP contribution in [0.4, 0.5) is 5.69 Å². The molecule has 0 saturated heterocycles. The molecule has 1 aliphatic carbocycles. The van der Waals surface area contributed by atoms with E-state index in [1.165, 1.54) is 5.56 Å². The first-order valence-corrected chi connectivity index (χ1v) is 7.85. The Bertz CT molecular complexity index is 664. The fourth-order valence-corrected chi connectivity index (χ4v) is 2.88. The molecule has 0 aliphatic heterocycles. The van der Waals surface area contributed by atoms with E-state index >= 15 is 0 Å². The highest BCUT2D eigenvalue weighted by Crippen LogP contribution is 2.48. The lowest BCUT2D eigenvalue weighted by Gasteiger charge is -2.16. The second kappa shape index (κ2) is 6.52. The van der Waals surface area contributed by atoms with E-state index in [0.29, 0.717) is 0 Å². The molecule has 4 nitrogen and oxygen atoms in total. The van der Waals surface area contributed by atoms with Gasteiger partial charge in [-0.2, -0.15) is 0 Å². The van der Waals surface area contributed by atoms with Gasteiger partial charge >= 0.3 is 0 Å². The summed E-state index contributed by atoms with van der Waals surface area (Å²) < 4.78 is 5.31. The van der Waals surface area contributed by atoms with Crippen molar-refractivity contribution in [3.05, 3.63) is 65.7 Å². The summed E-state index contributed by atoms with van der Waals surface area (Å²) in [6.45, 7) is 0.748. The molecular weight excluding hydrogens is 288 g/mol. The number of methoxy groups -OCH3 is 1. The lowest BCUT2D eigenvalue weighted by Crippen LogP contribution is -2.27. The Balaban J connectivity index is 1.65. The molecule has 1 atom stereocenters. The minimum Gasteiger partial charge on any atom is -0.384 e. The fourth-order valence-electron chi connectivity index (χ4n) is 2.88. The molecule has 1 saturated carbocycles. The zero-order chi connectivity index (χ0) is 16.3. The summed E-state index contributed by atoms with van der Waals surface area (Å²) in [5.74, 6) is -0.207. The molecule has 1 unspecified atom stereocenters. The van der Waals surface area contributed by atoms with E-state index in [1.54, 1.807) is 7.11 Å². The van der Waals surface area contributed by atoms with Crippen molar-refractivity contribution in [3.8, 4) is 0 Å². The summed E-state index contributed by atoms with van der Waals surface area (Å²) in [6.07, 6.45) is 2.32. The van der Waals surface area contributed by atoms with Gasteiger partial charge in [-0.05, 0) is 36.1 Å². The molecule has 0 bridgehead atoms. The average molecular weight is 310 g/mol. The predicted molar refractivity (Wildman–Crippen MR) is 91.2 cm³/mol. The van der Waals surface area contributed by atoms with Crippen LogP contribution in [0.1, 0.15) is 30.0 Å². The number of hydrogen-bond donors (Lipinski definition) is 2. The summed E-state index contributed by atoms with van der Waals surface area (Å²) in [5, 5.41) is 2.88. The number of carbonyl (C=O) groups is 1. The quantitative estimate of drug-likeness (QED) is 0.862. The average Bonchev–Trinajstić information content (AvgIpc) is 3.37. The molecule has 0 aromatic heterocycles. The lowest BCUT2D eigenvalue weighted by atomic mass is 9.97. The van der Waals surface area contributed by atoms with E-state index in [1.807, 2.05) is 42.5 Å². The summed E-state index contributed by atoms with van der Waals surface area (Å²) in [4.78, 5) is 12.3. The molecule has 3 rings (SSSR count). The first-order valence-electron chi connectivity index (χ1n) is 7.85. The standard InChI is InChI=1S/C19H22N2O2/c1-23-13-19(11-12-19)15-7-9-16(10-8-15)21-18(22)17(20)14-5-3-2-4-6-14/h2-10,17H,11-13,20H2,1H3,(H,21,22). The van der Waals surface area contributed by atoms with Gasteiger partial charge < -0.3 is 15.8 Å².